The van der Waals surface area contributed by atoms with Gasteiger partial charge in [0.25, 0.3) is 5.56 Å². The minimum Gasteiger partial charge on any atom is -0.301 e. The van der Waals surface area contributed by atoms with Crippen LogP contribution in [0.3, 0.4) is 0 Å². The summed E-state index contributed by atoms with van der Waals surface area (Å²) in [5.74, 6) is 0. The summed E-state index contributed by atoms with van der Waals surface area (Å²) in [5, 5.41) is 9.47. The number of aromatic amines is 1. The summed E-state index contributed by atoms with van der Waals surface area (Å²) in [5.41, 5.74) is 2.23. The zero-order valence-corrected chi connectivity index (χ0v) is 13.0. The predicted octanol–water partition coefficient (Wildman–Crippen LogP) is 3.38. The van der Waals surface area contributed by atoms with Gasteiger partial charge < -0.3 is 4.98 Å². The van der Waals surface area contributed by atoms with Crippen molar-refractivity contribution < 1.29 is 0 Å². The van der Waals surface area contributed by atoms with Gasteiger partial charge in [-0.25, -0.2) is 4.98 Å². The fourth-order valence-electron chi connectivity index (χ4n) is 2.17. The summed E-state index contributed by atoms with van der Waals surface area (Å²) in [6.07, 6.45) is 0.608. The Labute approximate surface area is 137 Å². The first kappa shape index (κ1) is 15.1. The molecule has 0 spiro atoms. The van der Waals surface area contributed by atoms with Crippen LogP contribution in [0.15, 0.2) is 75.5 Å². The lowest BCUT2D eigenvalue weighted by atomic mass is 10.1. The summed E-state index contributed by atoms with van der Waals surface area (Å²) in [7, 11) is 0. The molecule has 1 aromatic heterocycles. The molecule has 0 aliphatic heterocycles. The van der Waals surface area contributed by atoms with Crippen LogP contribution in [0.25, 0.3) is 0 Å². The standard InChI is InChI=1S/C18H13N3OS/c19-12-14-7-4-8-16(10-14)23-18-20-15(11-17(22)21-18)9-13-5-2-1-3-6-13/h1-8,10-11H,9H2,(H,20,21,22). The highest BCUT2D eigenvalue weighted by molar-refractivity contribution is 7.99. The molecule has 0 radical (unpaired) electrons. The third kappa shape index (κ3) is 4.09. The zero-order chi connectivity index (χ0) is 16.1. The average molecular weight is 319 g/mol. The number of benzene rings is 2. The van der Waals surface area contributed by atoms with Crippen LogP contribution < -0.4 is 5.56 Å². The Bertz CT molecular complexity index is 913. The molecule has 0 amide bonds. The van der Waals surface area contributed by atoms with Gasteiger partial charge in [-0.1, -0.05) is 48.2 Å². The maximum Gasteiger partial charge on any atom is 0.251 e. The van der Waals surface area contributed by atoms with Crippen molar-refractivity contribution in [3.05, 3.63) is 87.8 Å². The minimum atomic E-state index is -0.176. The van der Waals surface area contributed by atoms with Crippen LogP contribution in [0.4, 0.5) is 0 Å². The van der Waals surface area contributed by atoms with E-state index in [0.29, 0.717) is 17.1 Å². The smallest absolute Gasteiger partial charge is 0.251 e. The van der Waals surface area contributed by atoms with E-state index >= 15 is 0 Å². The number of rotatable bonds is 4. The Balaban J connectivity index is 1.85. The number of nitrogens with one attached hydrogen (secondary N) is 1. The van der Waals surface area contributed by atoms with E-state index in [2.05, 4.69) is 16.0 Å². The molecule has 0 fully saturated rings. The second-order valence-electron chi connectivity index (χ2n) is 4.95. The van der Waals surface area contributed by atoms with Gasteiger partial charge >= 0.3 is 0 Å². The van der Waals surface area contributed by atoms with Crippen LogP contribution >= 0.6 is 11.8 Å². The second-order valence-corrected chi connectivity index (χ2v) is 6.01. The van der Waals surface area contributed by atoms with Crippen molar-refractivity contribution in [1.29, 1.82) is 5.26 Å². The highest BCUT2D eigenvalue weighted by Gasteiger charge is 2.05. The van der Waals surface area contributed by atoms with Crippen molar-refractivity contribution in [3.8, 4) is 6.07 Å². The number of H-pyrrole nitrogens is 1. The van der Waals surface area contributed by atoms with E-state index in [9.17, 15) is 4.79 Å². The average Bonchev–Trinajstić information content (AvgIpc) is 2.55. The Morgan fingerprint density at radius 1 is 1.09 bits per heavy atom. The number of aromatic nitrogens is 2. The van der Waals surface area contributed by atoms with Crippen LogP contribution in [-0.4, -0.2) is 9.97 Å². The molecule has 112 valence electrons. The topological polar surface area (TPSA) is 69.5 Å². The summed E-state index contributed by atoms with van der Waals surface area (Å²) in [6.45, 7) is 0. The van der Waals surface area contributed by atoms with Crippen molar-refractivity contribution in [2.45, 2.75) is 16.5 Å². The molecular weight excluding hydrogens is 306 g/mol. The lowest BCUT2D eigenvalue weighted by Crippen LogP contribution is -2.10. The van der Waals surface area contributed by atoms with E-state index in [4.69, 9.17) is 5.26 Å². The third-order valence-electron chi connectivity index (χ3n) is 3.18. The van der Waals surface area contributed by atoms with Crippen molar-refractivity contribution in [3.63, 3.8) is 0 Å². The molecular formula is C18H13N3OS. The Hall–Kier alpha value is -2.84. The number of hydrogen-bond acceptors (Lipinski definition) is 4. The Kier molecular flexibility index (Phi) is 4.55. The minimum absolute atomic E-state index is 0.176. The van der Waals surface area contributed by atoms with Gasteiger partial charge in [0.05, 0.1) is 17.3 Å². The van der Waals surface area contributed by atoms with Crippen LogP contribution in [0, 0.1) is 11.3 Å². The first-order chi connectivity index (χ1) is 11.2. The monoisotopic (exact) mass is 319 g/mol. The van der Waals surface area contributed by atoms with Crippen molar-refractivity contribution in [2.24, 2.45) is 0 Å². The highest BCUT2D eigenvalue weighted by atomic mass is 32.2. The molecule has 2 aromatic carbocycles. The lowest BCUT2D eigenvalue weighted by Gasteiger charge is -2.05. The predicted molar refractivity (Wildman–Crippen MR) is 89.4 cm³/mol. The molecule has 0 bridgehead atoms. The summed E-state index contributed by atoms with van der Waals surface area (Å²) in [4.78, 5) is 20.0. The molecule has 4 nitrogen and oxygen atoms in total. The molecule has 0 aliphatic carbocycles. The summed E-state index contributed by atoms with van der Waals surface area (Å²) in [6, 6.07) is 20.7. The Morgan fingerprint density at radius 3 is 2.70 bits per heavy atom. The molecule has 0 saturated carbocycles. The molecule has 5 heteroatoms. The van der Waals surface area contributed by atoms with E-state index < -0.39 is 0 Å². The molecule has 3 aromatic rings. The molecule has 1 heterocycles. The summed E-state index contributed by atoms with van der Waals surface area (Å²) < 4.78 is 0. The highest BCUT2D eigenvalue weighted by Crippen LogP contribution is 2.24. The molecule has 0 atom stereocenters. The van der Waals surface area contributed by atoms with Crippen molar-refractivity contribution >= 4 is 11.8 Å². The molecule has 0 aliphatic rings. The van der Waals surface area contributed by atoms with Gasteiger partial charge in [-0.05, 0) is 23.8 Å². The van der Waals surface area contributed by atoms with Gasteiger partial charge in [0.2, 0.25) is 0 Å². The molecule has 23 heavy (non-hydrogen) atoms. The van der Waals surface area contributed by atoms with E-state index in [0.717, 1.165) is 16.2 Å². The van der Waals surface area contributed by atoms with E-state index in [1.165, 1.54) is 17.8 Å². The lowest BCUT2D eigenvalue weighted by molar-refractivity contribution is 0.880. The fourth-order valence-corrected chi connectivity index (χ4v) is 3.04. The molecule has 1 N–H and O–H groups in total. The SMILES string of the molecule is N#Cc1cccc(Sc2nc(Cc3ccccc3)cc(=O)[nH]2)c1. The molecule has 0 saturated heterocycles. The second kappa shape index (κ2) is 6.95. The maximum atomic E-state index is 11.9. The quantitative estimate of drug-likeness (QED) is 0.748. The first-order valence-corrected chi connectivity index (χ1v) is 7.87. The largest absolute Gasteiger partial charge is 0.301 e. The molecule has 3 rings (SSSR count). The van der Waals surface area contributed by atoms with Gasteiger partial charge in [-0.15, -0.1) is 0 Å². The van der Waals surface area contributed by atoms with Gasteiger partial charge in [0.15, 0.2) is 5.16 Å². The van der Waals surface area contributed by atoms with Crippen molar-refractivity contribution in [1.82, 2.24) is 9.97 Å². The van der Waals surface area contributed by atoms with Crippen LogP contribution in [0.1, 0.15) is 16.8 Å². The third-order valence-corrected chi connectivity index (χ3v) is 4.06. The number of hydrogen-bond donors (Lipinski definition) is 1. The van der Waals surface area contributed by atoms with Gasteiger partial charge in [0, 0.05) is 17.4 Å². The number of nitriles is 1. The van der Waals surface area contributed by atoms with E-state index in [-0.39, 0.29) is 5.56 Å². The van der Waals surface area contributed by atoms with E-state index in [1.54, 1.807) is 12.1 Å². The van der Waals surface area contributed by atoms with Crippen LogP contribution in [-0.2, 0) is 6.42 Å². The summed E-state index contributed by atoms with van der Waals surface area (Å²) >= 11 is 1.34. The Morgan fingerprint density at radius 2 is 1.91 bits per heavy atom. The normalized spacial score (nSPS) is 10.2. The van der Waals surface area contributed by atoms with Crippen molar-refractivity contribution in [2.75, 3.05) is 0 Å². The first-order valence-electron chi connectivity index (χ1n) is 7.05. The van der Waals surface area contributed by atoms with E-state index in [1.807, 2.05) is 42.5 Å². The number of nitrogens with zero attached hydrogens (tertiary/aromatic N) is 2. The van der Waals surface area contributed by atoms with Gasteiger partial charge in [0.1, 0.15) is 0 Å². The van der Waals surface area contributed by atoms with Crippen LogP contribution in [0.5, 0.6) is 0 Å². The van der Waals surface area contributed by atoms with Gasteiger partial charge in [-0.2, -0.15) is 5.26 Å². The zero-order valence-electron chi connectivity index (χ0n) is 12.2. The molecule has 0 unspecified atom stereocenters. The fraction of sp³-hybridized carbons (Fsp3) is 0.0556. The van der Waals surface area contributed by atoms with Crippen LogP contribution in [0.2, 0.25) is 0 Å². The van der Waals surface area contributed by atoms with Gasteiger partial charge in [-0.3, -0.25) is 4.79 Å². The maximum absolute atomic E-state index is 11.9.